The summed E-state index contributed by atoms with van der Waals surface area (Å²) in [7, 11) is 0. The van der Waals surface area contributed by atoms with E-state index in [0.29, 0.717) is 16.8 Å². The molecular formula is C26H17Cl2F4N3O2. The number of aryl methyl sites for hydroxylation is 1. The van der Waals surface area contributed by atoms with Crippen molar-refractivity contribution in [2.75, 3.05) is 11.4 Å². The Kier molecular flexibility index (Phi) is 7.20. The molecule has 11 heteroatoms. The Morgan fingerprint density at radius 1 is 1.08 bits per heavy atom. The smallest absolute Gasteiger partial charge is 0.295 e. The summed E-state index contributed by atoms with van der Waals surface area (Å²) in [6.07, 6.45) is -3.99. The van der Waals surface area contributed by atoms with Crippen LogP contribution in [-0.4, -0.2) is 18.6 Å². The molecule has 0 spiro atoms. The average Bonchev–Trinajstić information content (AvgIpc) is 3.29. The highest BCUT2D eigenvalue weighted by atomic mass is 35.5. The summed E-state index contributed by atoms with van der Waals surface area (Å²) in [6.45, 7) is 1.32. The summed E-state index contributed by atoms with van der Waals surface area (Å²) in [6, 6.07) is 14.9. The Morgan fingerprint density at radius 2 is 1.73 bits per heavy atom. The third-order valence-corrected chi connectivity index (χ3v) is 6.20. The topological polar surface area (TPSA) is 65.4 Å². The van der Waals surface area contributed by atoms with E-state index in [9.17, 15) is 27.6 Å². The molecule has 190 valence electrons. The van der Waals surface area contributed by atoms with Crippen molar-refractivity contribution in [2.45, 2.75) is 18.7 Å². The van der Waals surface area contributed by atoms with Crippen molar-refractivity contribution in [2.24, 2.45) is 0 Å². The minimum Gasteiger partial charge on any atom is -0.295 e. The van der Waals surface area contributed by atoms with E-state index in [1.807, 2.05) is 6.07 Å². The van der Waals surface area contributed by atoms with E-state index < -0.39 is 23.5 Å². The van der Waals surface area contributed by atoms with Gasteiger partial charge in [0.2, 0.25) is 5.60 Å². The maximum absolute atomic E-state index is 14.3. The Labute approximate surface area is 219 Å². The summed E-state index contributed by atoms with van der Waals surface area (Å²) in [5.41, 5.74) is 0.480. The predicted molar refractivity (Wildman–Crippen MR) is 131 cm³/mol. The van der Waals surface area contributed by atoms with E-state index in [-0.39, 0.29) is 33.4 Å². The van der Waals surface area contributed by atoms with Crippen LogP contribution in [0.1, 0.15) is 27.0 Å². The molecular weight excluding hydrogens is 533 g/mol. The van der Waals surface area contributed by atoms with Crippen LogP contribution in [0.4, 0.5) is 23.2 Å². The van der Waals surface area contributed by atoms with Crippen molar-refractivity contribution in [3.8, 4) is 6.07 Å². The fourth-order valence-corrected chi connectivity index (χ4v) is 4.47. The number of rotatable bonds is 5. The molecule has 0 saturated carbocycles. The molecule has 1 aliphatic heterocycles. The molecule has 0 bridgehead atoms. The molecule has 3 aromatic rings. The van der Waals surface area contributed by atoms with Crippen LogP contribution in [0, 0.1) is 24.1 Å². The fourth-order valence-electron chi connectivity index (χ4n) is 3.94. The maximum atomic E-state index is 14.3. The third-order valence-electron chi connectivity index (χ3n) is 5.76. The highest BCUT2D eigenvalue weighted by Crippen LogP contribution is 2.48. The second-order valence-corrected chi connectivity index (χ2v) is 9.08. The number of nitrogens with zero attached hydrogens (tertiary/aromatic N) is 2. The number of amides is 1. The first-order chi connectivity index (χ1) is 17.4. The van der Waals surface area contributed by atoms with Gasteiger partial charge < -0.3 is 0 Å². The lowest BCUT2D eigenvalue weighted by molar-refractivity contribution is -0.269. The van der Waals surface area contributed by atoms with E-state index >= 15 is 0 Å². The van der Waals surface area contributed by atoms with E-state index in [1.54, 1.807) is 6.92 Å². The van der Waals surface area contributed by atoms with Gasteiger partial charge in [-0.15, -0.1) is 0 Å². The van der Waals surface area contributed by atoms with Crippen molar-refractivity contribution in [3.05, 3.63) is 105 Å². The van der Waals surface area contributed by atoms with Crippen LogP contribution < -0.4 is 10.4 Å². The van der Waals surface area contributed by atoms with Gasteiger partial charge in [-0.3, -0.25) is 20.0 Å². The van der Waals surface area contributed by atoms with Crippen LogP contribution in [-0.2, 0) is 10.4 Å². The molecule has 0 aliphatic carbocycles. The molecule has 37 heavy (non-hydrogen) atoms. The lowest BCUT2D eigenvalue weighted by Gasteiger charge is -2.28. The molecule has 0 radical (unpaired) electrons. The number of carbonyl (C=O) groups is 1. The second-order valence-electron chi connectivity index (χ2n) is 8.21. The molecule has 4 rings (SSSR count). The molecule has 1 unspecified atom stereocenters. The van der Waals surface area contributed by atoms with Crippen LogP contribution in [0.3, 0.4) is 0 Å². The van der Waals surface area contributed by atoms with E-state index in [4.69, 9.17) is 28.0 Å². The predicted octanol–water partition coefficient (Wildman–Crippen LogP) is 6.94. The van der Waals surface area contributed by atoms with Crippen molar-refractivity contribution < 1.29 is 27.2 Å². The zero-order valence-corrected chi connectivity index (χ0v) is 20.5. The SMILES string of the molecule is Cc1cc(C2=CC(c3cc(Cl)cc(Cl)c3)(C(F)(F)F)ON2)ccc1C(=O)N(CC#N)c1ccc(F)cc1. The fraction of sp³-hybridized carbons (Fsp3) is 0.154. The first-order valence-electron chi connectivity index (χ1n) is 10.7. The molecule has 3 aromatic carbocycles. The van der Waals surface area contributed by atoms with Gasteiger partial charge >= 0.3 is 6.18 Å². The standard InChI is InChI=1S/C26H17Cl2F4N3O2/c1-15-10-16(2-7-22(15)24(36)35(9-8-33)21-5-3-20(29)4-6-21)23-14-25(37-34-23,26(30,31)32)17-11-18(27)13-19(28)12-17/h2-7,10-14,34H,9H2,1H3. The molecule has 0 aromatic heterocycles. The van der Waals surface area contributed by atoms with Crippen LogP contribution in [0.25, 0.3) is 5.70 Å². The number of hydrogen-bond acceptors (Lipinski definition) is 4. The first-order valence-corrected chi connectivity index (χ1v) is 11.5. The van der Waals surface area contributed by atoms with Gasteiger partial charge in [0.25, 0.3) is 5.91 Å². The number of nitriles is 1. The van der Waals surface area contributed by atoms with Gasteiger partial charge in [0.15, 0.2) is 0 Å². The first kappa shape index (κ1) is 26.5. The number of hydrogen-bond donors (Lipinski definition) is 1. The quantitative estimate of drug-likeness (QED) is 0.276. The average molecular weight is 550 g/mol. The van der Waals surface area contributed by atoms with E-state index in [0.717, 1.165) is 18.2 Å². The number of hydroxylamine groups is 1. The third kappa shape index (κ3) is 5.14. The number of halogens is 6. The lowest BCUT2D eigenvalue weighted by atomic mass is 9.91. The van der Waals surface area contributed by atoms with Gasteiger partial charge in [0.1, 0.15) is 12.4 Å². The molecule has 1 atom stereocenters. The van der Waals surface area contributed by atoms with Gasteiger partial charge in [0, 0.05) is 26.9 Å². The van der Waals surface area contributed by atoms with E-state index in [1.165, 1.54) is 53.4 Å². The Balaban J connectivity index is 1.71. The zero-order valence-electron chi connectivity index (χ0n) is 19.0. The number of nitrogens with one attached hydrogen (secondary N) is 1. The summed E-state index contributed by atoms with van der Waals surface area (Å²) < 4.78 is 56.1. The molecule has 0 fully saturated rings. The second kappa shape index (κ2) is 10.1. The molecule has 0 saturated heterocycles. The monoisotopic (exact) mass is 549 g/mol. The summed E-state index contributed by atoms with van der Waals surface area (Å²) in [4.78, 5) is 19.5. The lowest BCUT2D eigenvalue weighted by Crippen LogP contribution is -2.42. The number of anilines is 1. The van der Waals surface area contributed by atoms with Crippen molar-refractivity contribution >= 4 is 40.5 Å². The molecule has 1 aliphatic rings. The van der Waals surface area contributed by atoms with Crippen molar-refractivity contribution in [1.82, 2.24) is 5.48 Å². The Hall–Kier alpha value is -3.58. The highest BCUT2D eigenvalue weighted by Gasteiger charge is 2.59. The molecule has 1 amide bonds. The number of carbonyl (C=O) groups excluding carboxylic acids is 1. The van der Waals surface area contributed by atoms with Gasteiger partial charge in [-0.2, -0.15) is 18.4 Å². The summed E-state index contributed by atoms with van der Waals surface area (Å²) in [5, 5.41) is 9.22. The van der Waals surface area contributed by atoms with Gasteiger partial charge in [-0.1, -0.05) is 29.3 Å². The van der Waals surface area contributed by atoms with Gasteiger partial charge in [0.05, 0.1) is 11.8 Å². The van der Waals surface area contributed by atoms with Gasteiger partial charge in [-0.25, -0.2) is 4.39 Å². The Bertz CT molecular complexity index is 1410. The Morgan fingerprint density at radius 3 is 2.30 bits per heavy atom. The van der Waals surface area contributed by atoms with Crippen LogP contribution in [0.2, 0.25) is 10.0 Å². The minimum absolute atomic E-state index is 0.0124. The normalized spacial score (nSPS) is 17.1. The molecule has 5 nitrogen and oxygen atoms in total. The van der Waals surface area contributed by atoms with Crippen LogP contribution in [0.15, 0.2) is 66.7 Å². The largest absolute Gasteiger partial charge is 0.428 e. The number of alkyl halides is 3. The van der Waals surface area contributed by atoms with Crippen molar-refractivity contribution in [3.63, 3.8) is 0 Å². The maximum Gasteiger partial charge on any atom is 0.428 e. The van der Waals surface area contributed by atoms with Crippen LogP contribution in [0.5, 0.6) is 0 Å². The van der Waals surface area contributed by atoms with Crippen molar-refractivity contribution in [1.29, 1.82) is 5.26 Å². The molecule has 1 N–H and O–H groups in total. The minimum atomic E-state index is -4.87. The summed E-state index contributed by atoms with van der Waals surface area (Å²) in [5.74, 6) is -1.02. The molecule has 1 heterocycles. The zero-order chi connectivity index (χ0) is 27.0. The van der Waals surface area contributed by atoms with Crippen LogP contribution >= 0.6 is 23.2 Å². The highest BCUT2D eigenvalue weighted by molar-refractivity contribution is 6.34. The van der Waals surface area contributed by atoms with Gasteiger partial charge in [-0.05, 0) is 78.7 Å². The number of benzene rings is 3. The summed E-state index contributed by atoms with van der Waals surface area (Å²) >= 11 is 11.9. The van der Waals surface area contributed by atoms with E-state index in [2.05, 4.69) is 5.48 Å².